The quantitative estimate of drug-likeness (QED) is 0.895. The first-order valence-electron chi connectivity index (χ1n) is 7.63. The Kier molecular flexibility index (Phi) is 5.16. The molecule has 1 fully saturated rings. The molecule has 2 aromatic rings. The maximum absolute atomic E-state index is 12.3. The lowest BCUT2D eigenvalue weighted by molar-refractivity contribution is 0.0680. The van der Waals surface area contributed by atoms with Crippen LogP contribution in [0.4, 0.5) is 5.69 Å². The van der Waals surface area contributed by atoms with Gasteiger partial charge in [0.15, 0.2) is 0 Å². The molecule has 120 valence electrons. The summed E-state index contributed by atoms with van der Waals surface area (Å²) in [6.07, 6.45) is 2.28. The summed E-state index contributed by atoms with van der Waals surface area (Å²) < 4.78 is 11.3. The molecule has 4 nitrogen and oxygen atoms in total. The number of halogens is 1. The molecule has 2 aromatic carbocycles. The number of amides is 1. The number of anilines is 1. The molecule has 0 saturated carbocycles. The van der Waals surface area contributed by atoms with Crippen molar-refractivity contribution in [1.29, 1.82) is 0 Å². The molecule has 0 unspecified atom stereocenters. The van der Waals surface area contributed by atoms with Gasteiger partial charge in [-0.3, -0.25) is 4.79 Å². The van der Waals surface area contributed by atoms with Gasteiger partial charge in [-0.05, 0) is 37.1 Å². The van der Waals surface area contributed by atoms with Crippen molar-refractivity contribution in [1.82, 2.24) is 0 Å². The third kappa shape index (κ3) is 4.24. The van der Waals surface area contributed by atoms with Crippen molar-refractivity contribution >= 4 is 23.2 Å². The van der Waals surface area contributed by atoms with Crippen molar-refractivity contribution in [3.05, 3.63) is 59.1 Å². The molecule has 5 heteroatoms. The van der Waals surface area contributed by atoms with Crippen LogP contribution in [0.5, 0.6) is 5.75 Å². The van der Waals surface area contributed by atoms with Crippen LogP contribution in [0.25, 0.3) is 0 Å². The lowest BCUT2D eigenvalue weighted by Gasteiger charge is -2.13. The van der Waals surface area contributed by atoms with Crippen LogP contribution in [0.1, 0.15) is 23.2 Å². The molecule has 0 aromatic heterocycles. The van der Waals surface area contributed by atoms with Gasteiger partial charge in [0.1, 0.15) is 12.4 Å². The molecule has 23 heavy (non-hydrogen) atoms. The molecule has 0 radical (unpaired) electrons. The topological polar surface area (TPSA) is 47.6 Å². The normalized spacial score (nSPS) is 17.0. The highest BCUT2D eigenvalue weighted by molar-refractivity contribution is 6.34. The largest absolute Gasteiger partial charge is 0.491 e. The Morgan fingerprint density at radius 2 is 2.13 bits per heavy atom. The van der Waals surface area contributed by atoms with E-state index < -0.39 is 0 Å². The maximum Gasteiger partial charge on any atom is 0.257 e. The van der Waals surface area contributed by atoms with E-state index in [-0.39, 0.29) is 12.0 Å². The average Bonchev–Trinajstić information content (AvgIpc) is 3.07. The summed E-state index contributed by atoms with van der Waals surface area (Å²) in [5.41, 5.74) is 1.11. The molecule has 1 N–H and O–H groups in total. The smallest absolute Gasteiger partial charge is 0.257 e. The van der Waals surface area contributed by atoms with Gasteiger partial charge in [-0.1, -0.05) is 29.8 Å². The second-order valence-electron chi connectivity index (χ2n) is 5.41. The van der Waals surface area contributed by atoms with E-state index >= 15 is 0 Å². The fraction of sp³-hybridized carbons (Fsp3) is 0.278. The van der Waals surface area contributed by atoms with Gasteiger partial charge in [0, 0.05) is 18.4 Å². The van der Waals surface area contributed by atoms with Crippen LogP contribution < -0.4 is 10.1 Å². The molecule has 0 spiro atoms. The number of carbonyl (C=O) groups excluding carboxylic acids is 1. The number of hydrogen-bond donors (Lipinski definition) is 1. The lowest BCUT2D eigenvalue weighted by atomic mass is 10.2. The summed E-state index contributed by atoms with van der Waals surface area (Å²) in [5.74, 6) is 0.462. The Morgan fingerprint density at radius 1 is 1.26 bits per heavy atom. The third-order valence-electron chi connectivity index (χ3n) is 3.67. The molecule has 1 heterocycles. The zero-order valence-electron chi connectivity index (χ0n) is 12.6. The Balaban J connectivity index is 1.63. The van der Waals surface area contributed by atoms with E-state index in [1.807, 2.05) is 18.2 Å². The number of nitrogens with one attached hydrogen (secondary N) is 1. The monoisotopic (exact) mass is 331 g/mol. The molecule has 1 saturated heterocycles. The highest BCUT2D eigenvalue weighted by Gasteiger charge is 2.16. The number of hydrogen-bond acceptors (Lipinski definition) is 3. The van der Waals surface area contributed by atoms with Gasteiger partial charge in [-0.15, -0.1) is 0 Å². The highest BCUT2D eigenvalue weighted by Crippen LogP contribution is 2.21. The van der Waals surface area contributed by atoms with E-state index in [1.54, 1.807) is 30.3 Å². The standard InChI is InChI=1S/C18H18ClNO3/c19-17-9-2-1-8-16(17)18(21)20-13-5-3-6-14(11-13)23-12-15-7-4-10-22-15/h1-3,5-6,8-9,11,15H,4,7,10,12H2,(H,20,21)/t15-/m0/s1. The van der Waals surface area contributed by atoms with E-state index in [0.29, 0.717) is 28.6 Å². The van der Waals surface area contributed by atoms with Crippen LogP contribution in [0, 0.1) is 0 Å². The minimum absolute atomic E-state index is 0.163. The van der Waals surface area contributed by atoms with Gasteiger partial charge >= 0.3 is 0 Å². The minimum Gasteiger partial charge on any atom is -0.491 e. The molecule has 1 aliphatic heterocycles. The Hall–Kier alpha value is -2.04. The molecule has 1 amide bonds. The fourth-order valence-corrected chi connectivity index (χ4v) is 2.69. The van der Waals surface area contributed by atoms with Crippen molar-refractivity contribution < 1.29 is 14.3 Å². The lowest BCUT2D eigenvalue weighted by Crippen LogP contribution is -2.16. The molecule has 0 aliphatic carbocycles. The van der Waals surface area contributed by atoms with Gasteiger partial charge < -0.3 is 14.8 Å². The van der Waals surface area contributed by atoms with Crippen LogP contribution in [0.3, 0.4) is 0 Å². The molecule has 3 rings (SSSR count). The first-order valence-corrected chi connectivity index (χ1v) is 8.00. The van der Waals surface area contributed by atoms with E-state index in [0.717, 1.165) is 19.4 Å². The van der Waals surface area contributed by atoms with Crippen LogP contribution in [0.15, 0.2) is 48.5 Å². The molecular formula is C18H18ClNO3. The molecular weight excluding hydrogens is 314 g/mol. The SMILES string of the molecule is O=C(Nc1cccc(OC[C@@H]2CCCO2)c1)c1ccccc1Cl. The average molecular weight is 332 g/mol. The van der Waals surface area contributed by atoms with Crippen LogP contribution in [0.2, 0.25) is 5.02 Å². The van der Waals surface area contributed by atoms with Crippen LogP contribution >= 0.6 is 11.6 Å². The summed E-state index contributed by atoms with van der Waals surface area (Å²) in [7, 11) is 0. The summed E-state index contributed by atoms with van der Waals surface area (Å²) in [6.45, 7) is 1.34. The van der Waals surface area contributed by atoms with Gasteiger partial charge in [-0.2, -0.15) is 0 Å². The number of benzene rings is 2. The summed E-state index contributed by atoms with van der Waals surface area (Å²) >= 11 is 6.04. The summed E-state index contributed by atoms with van der Waals surface area (Å²) in [4.78, 5) is 12.3. The number of carbonyl (C=O) groups is 1. The highest BCUT2D eigenvalue weighted by atomic mass is 35.5. The molecule has 1 atom stereocenters. The predicted molar refractivity (Wildman–Crippen MR) is 90.3 cm³/mol. The van der Waals surface area contributed by atoms with Gasteiger partial charge in [0.2, 0.25) is 0 Å². The predicted octanol–water partition coefficient (Wildman–Crippen LogP) is 4.15. The zero-order chi connectivity index (χ0) is 16.1. The number of rotatable bonds is 5. The fourth-order valence-electron chi connectivity index (χ4n) is 2.47. The first-order chi connectivity index (χ1) is 11.2. The van der Waals surface area contributed by atoms with Crippen molar-refractivity contribution in [3.63, 3.8) is 0 Å². The number of ether oxygens (including phenoxy) is 2. The van der Waals surface area contributed by atoms with E-state index in [4.69, 9.17) is 21.1 Å². The molecule has 1 aliphatic rings. The Morgan fingerprint density at radius 3 is 2.91 bits per heavy atom. The summed E-state index contributed by atoms with van der Waals surface area (Å²) in [6, 6.07) is 14.3. The summed E-state index contributed by atoms with van der Waals surface area (Å²) in [5, 5.41) is 3.26. The van der Waals surface area contributed by atoms with Crippen molar-refractivity contribution in [2.75, 3.05) is 18.5 Å². The second kappa shape index (κ2) is 7.49. The van der Waals surface area contributed by atoms with Crippen LogP contribution in [-0.4, -0.2) is 25.2 Å². The van der Waals surface area contributed by atoms with Crippen molar-refractivity contribution in [2.24, 2.45) is 0 Å². The third-order valence-corrected chi connectivity index (χ3v) is 4.00. The van der Waals surface area contributed by atoms with Crippen molar-refractivity contribution in [3.8, 4) is 5.75 Å². The second-order valence-corrected chi connectivity index (χ2v) is 5.82. The Labute approximate surface area is 140 Å². The first kappa shape index (κ1) is 15.8. The van der Waals surface area contributed by atoms with Crippen molar-refractivity contribution in [2.45, 2.75) is 18.9 Å². The van der Waals surface area contributed by atoms with Gasteiger partial charge in [0.05, 0.1) is 16.7 Å². The van der Waals surface area contributed by atoms with E-state index in [1.165, 1.54) is 0 Å². The zero-order valence-corrected chi connectivity index (χ0v) is 13.4. The maximum atomic E-state index is 12.3. The van der Waals surface area contributed by atoms with Crippen LogP contribution in [-0.2, 0) is 4.74 Å². The van der Waals surface area contributed by atoms with E-state index in [2.05, 4.69) is 5.32 Å². The minimum atomic E-state index is -0.244. The molecule has 0 bridgehead atoms. The van der Waals surface area contributed by atoms with E-state index in [9.17, 15) is 4.79 Å². The van der Waals surface area contributed by atoms with Gasteiger partial charge in [0.25, 0.3) is 5.91 Å². The Bertz CT molecular complexity index is 683. The van der Waals surface area contributed by atoms with Gasteiger partial charge in [-0.25, -0.2) is 0 Å².